The van der Waals surface area contributed by atoms with Crippen molar-refractivity contribution in [3.05, 3.63) is 58.6 Å². The van der Waals surface area contributed by atoms with E-state index in [4.69, 9.17) is 9.31 Å². The zero-order valence-corrected chi connectivity index (χ0v) is 15.5. The Morgan fingerprint density at radius 1 is 1.00 bits per heavy atom. The smallest absolute Gasteiger partial charge is 0.399 e. The molecule has 3 rings (SSSR count). The van der Waals surface area contributed by atoms with Crippen LogP contribution in [0.4, 0.5) is 5.69 Å². The molecule has 1 aliphatic rings. The maximum absolute atomic E-state index is 11.2. The predicted octanol–water partition coefficient (Wildman–Crippen LogP) is 4.05. The van der Waals surface area contributed by atoms with Crippen LogP contribution in [0.25, 0.3) is 0 Å². The van der Waals surface area contributed by atoms with Gasteiger partial charge >= 0.3 is 7.12 Å². The monoisotopic (exact) mass is 357 g/mol. The van der Waals surface area contributed by atoms with Crippen LogP contribution in [-0.4, -0.2) is 23.2 Å². The maximum Gasteiger partial charge on any atom is 0.496 e. The van der Waals surface area contributed by atoms with Gasteiger partial charge in [-0.15, -0.1) is 0 Å². The van der Waals surface area contributed by atoms with Crippen LogP contribution in [0.15, 0.2) is 58.3 Å². The van der Waals surface area contributed by atoms with E-state index >= 15 is 0 Å². The Morgan fingerprint density at radius 3 is 2.16 bits per heavy atom. The highest BCUT2D eigenvalue weighted by Gasteiger charge is 2.52. The molecule has 0 N–H and O–H groups in total. The molecule has 0 aromatic heterocycles. The fourth-order valence-electron chi connectivity index (χ4n) is 2.51. The van der Waals surface area contributed by atoms with Gasteiger partial charge in [0.2, 0.25) is 0 Å². The number of non-ortho nitro benzene ring substituents is 1. The third kappa shape index (κ3) is 3.59. The van der Waals surface area contributed by atoms with Crippen molar-refractivity contribution in [1.29, 1.82) is 0 Å². The van der Waals surface area contributed by atoms with E-state index in [2.05, 4.69) is 0 Å². The van der Waals surface area contributed by atoms with Crippen molar-refractivity contribution >= 4 is 30.0 Å². The third-order valence-corrected chi connectivity index (χ3v) is 5.78. The number of benzene rings is 2. The largest absolute Gasteiger partial charge is 0.496 e. The van der Waals surface area contributed by atoms with Crippen LogP contribution < -0.4 is 5.46 Å². The lowest BCUT2D eigenvalue weighted by molar-refractivity contribution is -0.384. The first-order chi connectivity index (χ1) is 11.7. The molecule has 0 saturated carbocycles. The molecule has 0 aliphatic carbocycles. The Labute approximate surface area is 152 Å². The fraction of sp³-hybridized carbons (Fsp3) is 0.333. The Balaban J connectivity index is 2.01. The minimum Gasteiger partial charge on any atom is -0.399 e. The number of hydrogen-bond donors (Lipinski definition) is 0. The van der Waals surface area contributed by atoms with Crippen molar-refractivity contribution in [3.63, 3.8) is 0 Å². The van der Waals surface area contributed by atoms with E-state index in [0.717, 1.165) is 9.79 Å². The van der Waals surface area contributed by atoms with E-state index in [9.17, 15) is 10.1 Å². The molecular formula is C18H20BNO4S. The van der Waals surface area contributed by atoms with Crippen molar-refractivity contribution in [2.45, 2.75) is 48.7 Å². The molecule has 0 bridgehead atoms. The van der Waals surface area contributed by atoms with Gasteiger partial charge < -0.3 is 9.31 Å². The van der Waals surface area contributed by atoms with E-state index < -0.39 is 23.2 Å². The summed E-state index contributed by atoms with van der Waals surface area (Å²) >= 11 is 1.54. The molecule has 1 saturated heterocycles. The summed E-state index contributed by atoms with van der Waals surface area (Å²) in [5.74, 6) is 0. The molecule has 0 radical (unpaired) electrons. The van der Waals surface area contributed by atoms with E-state index in [-0.39, 0.29) is 5.69 Å². The van der Waals surface area contributed by atoms with Gasteiger partial charge in [-0.25, -0.2) is 0 Å². The SMILES string of the molecule is CC1(C)OB(c2cc([N+](=O)[O-])ccc2Sc2ccccc2)OC1(C)C. The number of hydrogen-bond acceptors (Lipinski definition) is 5. The highest BCUT2D eigenvalue weighted by Crippen LogP contribution is 2.38. The normalized spacial score (nSPS) is 18.3. The van der Waals surface area contributed by atoms with Gasteiger partial charge in [0.15, 0.2) is 0 Å². The molecule has 25 heavy (non-hydrogen) atoms. The minimum atomic E-state index is -0.642. The number of nitro benzene ring substituents is 1. The van der Waals surface area contributed by atoms with Crippen LogP contribution >= 0.6 is 11.8 Å². The summed E-state index contributed by atoms with van der Waals surface area (Å²) in [5.41, 5.74) is -0.294. The quantitative estimate of drug-likeness (QED) is 0.469. The van der Waals surface area contributed by atoms with Gasteiger partial charge in [0.1, 0.15) is 0 Å². The first-order valence-electron chi connectivity index (χ1n) is 8.06. The second-order valence-electron chi connectivity index (χ2n) is 6.98. The van der Waals surface area contributed by atoms with Gasteiger partial charge in [0, 0.05) is 27.4 Å². The van der Waals surface area contributed by atoms with Crippen LogP contribution in [0.2, 0.25) is 0 Å². The first-order valence-corrected chi connectivity index (χ1v) is 8.88. The number of nitrogens with zero attached hydrogens (tertiary/aromatic N) is 1. The lowest BCUT2D eigenvalue weighted by atomic mass is 9.79. The maximum atomic E-state index is 11.2. The van der Waals surface area contributed by atoms with Gasteiger partial charge in [0.25, 0.3) is 5.69 Å². The highest BCUT2D eigenvalue weighted by molar-refractivity contribution is 7.99. The molecule has 1 heterocycles. The second-order valence-corrected chi connectivity index (χ2v) is 8.10. The lowest BCUT2D eigenvalue weighted by Crippen LogP contribution is -2.41. The molecule has 0 unspecified atom stereocenters. The topological polar surface area (TPSA) is 61.6 Å². The first kappa shape index (κ1) is 18.0. The average Bonchev–Trinajstić information content (AvgIpc) is 2.76. The standard InChI is InChI=1S/C18H20BNO4S/c1-17(2)18(3,4)24-19(23-17)15-12-13(20(21)22)10-11-16(15)25-14-8-6-5-7-9-14/h5-12H,1-4H3. The molecule has 0 atom stereocenters. The molecule has 130 valence electrons. The molecule has 1 fully saturated rings. The van der Waals surface area contributed by atoms with Gasteiger partial charge in [-0.1, -0.05) is 30.0 Å². The second kappa shape index (κ2) is 6.48. The van der Waals surface area contributed by atoms with E-state index in [1.807, 2.05) is 58.0 Å². The van der Waals surface area contributed by atoms with E-state index in [0.29, 0.717) is 5.46 Å². The summed E-state index contributed by atoms with van der Waals surface area (Å²) in [6.45, 7) is 7.87. The molecular weight excluding hydrogens is 337 g/mol. The minimum absolute atomic E-state index is 0.0297. The van der Waals surface area contributed by atoms with Gasteiger partial charge in [-0.05, 0) is 45.9 Å². The van der Waals surface area contributed by atoms with Crippen molar-refractivity contribution in [2.24, 2.45) is 0 Å². The van der Waals surface area contributed by atoms with Crippen molar-refractivity contribution < 1.29 is 14.2 Å². The summed E-state index contributed by atoms with van der Waals surface area (Å²) in [5, 5.41) is 11.2. The molecule has 1 aliphatic heterocycles. The van der Waals surface area contributed by atoms with Crippen molar-refractivity contribution in [1.82, 2.24) is 0 Å². The van der Waals surface area contributed by atoms with E-state index in [1.54, 1.807) is 12.1 Å². The Hall–Kier alpha value is -1.83. The van der Waals surface area contributed by atoms with Gasteiger partial charge in [-0.3, -0.25) is 10.1 Å². The number of rotatable bonds is 4. The molecule has 7 heteroatoms. The van der Waals surface area contributed by atoms with Crippen LogP contribution in [0.5, 0.6) is 0 Å². The van der Waals surface area contributed by atoms with Crippen LogP contribution in [-0.2, 0) is 9.31 Å². The molecule has 0 spiro atoms. The zero-order chi connectivity index (χ0) is 18.2. The summed E-state index contributed by atoms with van der Waals surface area (Å²) in [6, 6.07) is 14.7. The van der Waals surface area contributed by atoms with Gasteiger partial charge in [0.05, 0.1) is 16.1 Å². The molecule has 0 amide bonds. The predicted molar refractivity (Wildman–Crippen MR) is 99.4 cm³/mol. The van der Waals surface area contributed by atoms with Crippen LogP contribution in [0, 0.1) is 10.1 Å². The van der Waals surface area contributed by atoms with E-state index in [1.165, 1.54) is 17.8 Å². The van der Waals surface area contributed by atoms with Crippen LogP contribution in [0.3, 0.4) is 0 Å². The van der Waals surface area contributed by atoms with Crippen LogP contribution in [0.1, 0.15) is 27.7 Å². The Kier molecular flexibility index (Phi) is 4.66. The molecule has 2 aromatic carbocycles. The zero-order valence-electron chi connectivity index (χ0n) is 14.7. The van der Waals surface area contributed by atoms with Crippen molar-refractivity contribution in [3.8, 4) is 0 Å². The summed E-state index contributed by atoms with van der Waals surface area (Å²) in [7, 11) is -0.642. The lowest BCUT2D eigenvalue weighted by Gasteiger charge is -2.32. The Morgan fingerprint density at radius 2 is 1.60 bits per heavy atom. The number of nitro groups is 1. The Bertz CT molecular complexity index is 779. The molecule has 5 nitrogen and oxygen atoms in total. The molecule has 2 aromatic rings. The van der Waals surface area contributed by atoms with Gasteiger partial charge in [-0.2, -0.15) is 0 Å². The third-order valence-electron chi connectivity index (χ3n) is 4.68. The fourth-order valence-corrected chi connectivity index (χ4v) is 3.47. The highest BCUT2D eigenvalue weighted by atomic mass is 32.2. The summed E-state index contributed by atoms with van der Waals surface area (Å²) in [4.78, 5) is 12.7. The summed E-state index contributed by atoms with van der Waals surface area (Å²) < 4.78 is 12.2. The van der Waals surface area contributed by atoms with Crippen molar-refractivity contribution in [2.75, 3.05) is 0 Å². The average molecular weight is 357 g/mol. The summed E-state index contributed by atoms with van der Waals surface area (Å²) in [6.07, 6.45) is 0.